The molecule has 1 saturated heterocycles. The lowest BCUT2D eigenvalue weighted by atomic mass is 9.92. The van der Waals surface area contributed by atoms with Gasteiger partial charge in [-0.2, -0.15) is 0 Å². The van der Waals surface area contributed by atoms with E-state index in [0.717, 1.165) is 16.8 Å². The van der Waals surface area contributed by atoms with E-state index in [9.17, 15) is 0 Å². The molecule has 2 unspecified atom stereocenters. The highest BCUT2D eigenvalue weighted by atomic mass is 35.5. The van der Waals surface area contributed by atoms with Crippen LogP contribution in [0.25, 0.3) is 0 Å². The summed E-state index contributed by atoms with van der Waals surface area (Å²) in [6, 6.07) is 4.84. The Kier molecular flexibility index (Phi) is 2.92. The van der Waals surface area contributed by atoms with Crippen LogP contribution in [-0.2, 0) is 0 Å². The fourth-order valence-corrected chi connectivity index (χ4v) is 3.15. The third kappa shape index (κ3) is 2.25. The molecule has 0 spiro atoms. The number of hydrogen-bond acceptors (Lipinski definition) is 2. The lowest BCUT2D eigenvalue weighted by molar-refractivity contribution is 0.384. The van der Waals surface area contributed by atoms with Crippen molar-refractivity contribution < 1.29 is 0 Å². The zero-order valence-electron chi connectivity index (χ0n) is 7.72. The molecule has 0 amide bonds. The molecule has 0 saturated carbocycles. The van der Waals surface area contributed by atoms with Gasteiger partial charge in [0.05, 0.1) is 4.34 Å². The van der Waals surface area contributed by atoms with Crippen LogP contribution in [0.3, 0.4) is 0 Å². The van der Waals surface area contributed by atoms with E-state index in [1.165, 1.54) is 17.7 Å². The van der Waals surface area contributed by atoms with Crippen molar-refractivity contribution in [3.8, 4) is 0 Å². The second kappa shape index (κ2) is 3.99. The number of piperidine rings is 1. The molecule has 0 aromatic carbocycles. The van der Waals surface area contributed by atoms with Gasteiger partial charge in [0, 0.05) is 10.9 Å². The molecular weight excluding hydrogens is 202 g/mol. The topological polar surface area (TPSA) is 12.0 Å². The molecule has 1 aromatic rings. The zero-order valence-corrected chi connectivity index (χ0v) is 9.29. The maximum Gasteiger partial charge on any atom is 0.0931 e. The van der Waals surface area contributed by atoms with Crippen LogP contribution in [0, 0.1) is 0 Å². The Morgan fingerprint density at radius 1 is 1.54 bits per heavy atom. The number of halogens is 1. The molecular formula is C10H14ClNS. The van der Waals surface area contributed by atoms with E-state index in [4.69, 9.17) is 11.6 Å². The average Bonchev–Trinajstić information content (AvgIpc) is 2.52. The van der Waals surface area contributed by atoms with Gasteiger partial charge < -0.3 is 5.32 Å². The second-order valence-corrected chi connectivity index (χ2v) is 5.47. The van der Waals surface area contributed by atoms with E-state index >= 15 is 0 Å². The van der Waals surface area contributed by atoms with E-state index in [2.05, 4.69) is 18.3 Å². The number of thiophene rings is 1. The van der Waals surface area contributed by atoms with Crippen LogP contribution in [0.5, 0.6) is 0 Å². The van der Waals surface area contributed by atoms with Gasteiger partial charge in [0.2, 0.25) is 0 Å². The van der Waals surface area contributed by atoms with Crippen LogP contribution in [0.15, 0.2) is 12.1 Å². The molecule has 2 heterocycles. The Balaban J connectivity index is 2.08. The van der Waals surface area contributed by atoms with Crippen LogP contribution >= 0.6 is 22.9 Å². The van der Waals surface area contributed by atoms with E-state index < -0.39 is 0 Å². The number of nitrogens with one attached hydrogen (secondary N) is 1. The number of hydrogen-bond donors (Lipinski definition) is 1. The summed E-state index contributed by atoms with van der Waals surface area (Å²) in [4.78, 5) is 1.46. The Morgan fingerprint density at radius 2 is 2.38 bits per heavy atom. The standard InChI is InChI=1S/C10H14ClNS/c1-7-6-8(4-5-12-7)9-2-3-10(11)13-9/h2-3,7-8,12H,4-6H2,1H3. The van der Waals surface area contributed by atoms with Crippen LogP contribution in [0.1, 0.15) is 30.6 Å². The molecule has 1 nitrogen and oxygen atoms in total. The van der Waals surface area contributed by atoms with Gasteiger partial charge in [-0.25, -0.2) is 0 Å². The van der Waals surface area contributed by atoms with Crippen molar-refractivity contribution >= 4 is 22.9 Å². The van der Waals surface area contributed by atoms with Gasteiger partial charge in [-0.1, -0.05) is 11.6 Å². The second-order valence-electron chi connectivity index (χ2n) is 3.72. The van der Waals surface area contributed by atoms with Gasteiger partial charge in [0.1, 0.15) is 0 Å². The molecule has 1 aliphatic heterocycles. The highest BCUT2D eigenvalue weighted by molar-refractivity contribution is 7.16. The predicted molar refractivity (Wildman–Crippen MR) is 58.8 cm³/mol. The zero-order chi connectivity index (χ0) is 9.26. The third-order valence-electron chi connectivity index (χ3n) is 2.62. The first-order valence-electron chi connectivity index (χ1n) is 4.74. The summed E-state index contributed by atoms with van der Waals surface area (Å²) in [6.45, 7) is 3.39. The predicted octanol–water partition coefficient (Wildman–Crippen LogP) is 3.26. The molecule has 1 N–H and O–H groups in total. The van der Waals surface area contributed by atoms with Crippen LogP contribution in [0.4, 0.5) is 0 Å². The van der Waals surface area contributed by atoms with Crippen LogP contribution in [-0.4, -0.2) is 12.6 Å². The van der Waals surface area contributed by atoms with Gasteiger partial charge >= 0.3 is 0 Å². The summed E-state index contributed by atoms with van der Waals surface area (Å²) in [5.41, 5.74) is 0. The van der Waals surface area contributed by atoms with E-state index in [-0.39, 0.29) is 0 Å². The van der Waals surface area contributed by atoms with E-state index in [0.29, 0.717) is 6.04 Å². The first kappa shape index (κ1) is 9.50. The summed E-state index contributed by atoms with van der Waals surface area (Å²) in [5.74, 6) is 0.730. The molecule has 2 atom stereocenters. The number of rotatable bonds is 1. The molecule has 1 fully saturated rings. The maximum absolute atomic E-state index is 5.92. The molecule has 0 bridgehead atoms. The normalized spacial score (nSPS) is 29.1. The summed E-state index contributed by atoms with van der Waals surface area (Å²) >= 11 is 7.65. The minimum absolute atomic E-state index is 0.652. The average molecular weight is 216 g/mol. The molecule has 1 aromatic heterocycles. The largest absolute Gasteiger partial charge is 0.314 e. The molecule has 0 radical (unpaired) electrons. The smallest absolute Gasteiger partial charge is 0.0931 e. The maximum atomic E-state index is 5.92. The Labute approximate surface area is 88.1 Å². The van der Waals surface area contributed by atoms with Gasteiger partial charge in [-0.3, -0.25) is 0 Å². The molecule has 72 valence electrons. The lowest BCUT2D eigenvalue weighted by Crippen LogP contribution is -2.34. The van der Waals surface area contributed by atoms with Crippen molar-refractivity contribution in [2.45, 2.75) is 31.7 Å². The van der Waals surface area contributed by atoms with Crippen molar-refractivity contribution in [1.82, 2.24) is 5.32 Å². The van der Waals surface area contributed by atoms with Gasteiger partial charge in [0.25, 0.3) is 0 Å². The lowest BCUT2D eigenvalue weighted by Gasteiger charge is -2.27. The molecule has 3 heteroatoms. The highest BCUT2D eigenvalue weighted by Crippen LogP contribution is 2.34. The van der Waals surface area contributed by atoms with Crippen LogP contribution in [0.2, 0.25) is 4.34 Å². The van der Waals surface area contributed by atoms with Crippen molar-refractivity contribution in [3.63, 3.8) is 0 Å². The minimum Gasteiger partial charge on any atom is -0.314 e. The molecule has 0 aliphatic carbocycles. The first-order chi connectivity index (χ1) is 6.25. The molecule has 1 aliphatic rings. The highest BCUT2D eigenvalue weighted by Gasteiger charge is 2.20. The van der Waals surface area contributed by atoms with Crippen molar-refractivity contribution in [3.05, 3.63) is 21.3 Å². The summed E-state index contributed by atoms with van der Waals surface area (Å²) in [6.07, 6.45) is 2.50. The van der Waals surface area contributed by atoms with E-state index in [1.54, 1.807) is 11.3 Å². The SMILES string of the molecule is CC1CC(c2ccc(Cl)s2)CCN1. The van der Waals surface area contributed by atoms with Crippen molar-refractivity contribution in [2.24, 2.45) is 0 Å². The Morgan fingerprint density at radius 3 is 3.00 bits per heavy atom. The monoisotopic (exact) mass is 215 g/mol. The quantitative estimate of drug-likeness (QED) is 0.759. The van der Waals surface area contributed by atoms with Gasteiger partial charge in [0.15, 0.2) is 0 Å². The summed E-state index contributed by atoms with van der Waals surface area (Å²) in [5, 5.41) is 3.46. The summed E-state index contributed by atoms with van der Waals surface area (Å²) in [7, 11) is 0. The van der Waals surface area contributed by atoms with Crippen LogP contribution < -0.4 is 5.32 Å². The molecule has 13 heavy (non-hydrogen) atoms. The van der Waals surface area contributed by atoms with Gasteiger partial charge in [-0.05, 0) is 44.4 Å². The molecule has 2 rings (SSSR count). The minimum atomic E-state index is 0.652. The fourth-order valence-electron chi connectivity index (χ4n) is 1.94. The fraction of sp³-hybridized carbons (Fsp3) is 0.600. The van der Waals surface area contributed by atoms with Crippen molar-refractivity contribution in [2.75, 3.05) is 6.54 Å². The third-order valence-corrected chi connectivity index (χ3v) is 4.01. The van der Waals surface area contributed by atoms with Gasteiger partial charge in [-0.15, -0.1) is 11.3 Å². The summed E-state index contributed by atoms with van der Waals surface area (Å²) < 4.78 is 0.918. The van der Waals surface area contributed by atoms with Crippen molar-refractivity contribution in [1.29, 1.82) is 0 Å². The Bertz CT molecular complexity index is 284. The Hall–Kier alpha value is -0.0500. The first-order valence-corrected chi connectivity index (χ1v) is 5.94. The van der Waals surface area contributed by atoms with E-state index in [1.807, 2.05) is 6.07 Å².